The molecule has 5 rings (SSSR count). The summed E-state index contributed by atoms with van der Waals surface area (Å²) in [4.78, 5) is 22.4. The van der Waals surface area contributed by atoms with Gasteiger partial charge in [0, 0.05) is 43.6 Å². The summed E-state index contributed by atoms with van der Waals surface area (Å²) in [5.74, 6) is 0.151. The molecule has 7 heteroatoms. The zero-order valence-corrected chi connectivity index (χ0v) is 20.6. The Labute approximate surface area is 201 Å². The van der Waals surface area contributed by atoms with Crippen LogP contribution in [-0.2, 0) is 11.2 Å². The molecule has 7 nitrogen and oxygen atoms in total. The van der Waals surface area contributed by atoms with Crippen LogP contribution in [0.4, 0.5) is 0 Å². The van der Waals surface area contributed by atoms with E-state index in [1.165, 1.54) is 0 Å². The molecule has 0 saturated carbocycles. The van der Waals surface area contributed by atoms with Crippen LogP contribution in [0, 0.1) is 12.8 Å². The third-order valence-electron chi connectivity index (χ3n) is 6.86. The second-order valence-electron chi connectivity index (χ2n) is 9.70. The number of aromatic nitrogens is 3. The van der Waals surface area contributed by atoms with Gasteiger partial charge in [-0.25, -0.2) is 4.52 Å². The first-order chi connectivity index (χ1) is 16.4. The molecule has 1 N–H and O–H groups in total. The molecule has 178 valence electrons. The molecule has 0 radical (unpaired) electrons. The third kappa shape index (κ3) is 4.32. The fraction of sp³-hybridized carbons (Fsp3) is 0.444. The number of nitrogens with zero attached hydrogens (tertiary/aromatic N) is 5. The Balaban J connectivity index is 1.49. The zero-order chi connectivity index (χ0) is 23.8. The van der Waals surface area contributed by atoms with Crippen LogP contribution < -0.4 is 5.32 Å². The van der Waals surface area contributed by atoms with E-state index in [0.29, 0.717) is 6.04 Å². The lowest BCUT2D eigenvalue weighted by atomic mass is 9.92. The average molecular weight is 459 g/mol. The molecule has 1 fully saturated rings. The lowest BCUT2D eigenvalue weighted by Gasteiger charge is -2.36. The van der Waals surface area contributed by atoms with Crippen molar-refractivity contribution in [2.75, 3.05) is 19.6 Å². The average Bonchev–Trinajstić information content (AvgIpc) is 3.24. The van der Waals surface area contributed by atoms with Crippen LogP contribution in [0.2, 0.25) is 0 Å². The van der Waals surface area contributed by atoms with Gasteiger partial charge in [0.25, 0.3) is 5.91 Å². The molecule has 2 unspecified atom stereocenters. The highest BCUT2D eigenvalue weighted by molar-refractivity contribution is 5.98. The van der Waals surface area contributed by atoms with Crippen molar-refractivity contribution in [1.82, 2.24) is 29.7 Å². The molecule has 0 spiro atoms. The molecule has 34 heavy (non-hydrogen) atoms. The second kappa shape index (κ2) is 9.22. The van der Waals surface area contributed by atoms with E-state index in [1.807, 2.05) is 23.8 Å². The van der Waals surface area contributed by atoms with Gasteiger partial charge in [-0.3, -0.25) is 14.7 Å². The number of nitrogens with one attached hydrogen (secondary N) is 1. The van der Waals surface area contributed by atoms with Crippen molar-refractivity contribution in [2.45, 2.75) is 53.0 Å². The minimum atomic E-state index is -0.0297. The van der Waals surface area contributed by atoms with Gasteiger partial charge in [-0.15, -0.1) is 0 Å². The molecule has 0 aliphatic carbocycles. The smallest absolute Gasteiger partial charge is 0.255 e. The molecule has 2 atom stereocenters. The Morgan fingerprint density at radius 1 is 1.21 bits per heavy atom. The lowest BCUT2D eigenvalue weighted by molar-refractivity contribution is -0.122. The molecule has 0 aromatic carbocycles. The van der Waals surface area contributed by atoms with Crippen molar-refractivity contribution in [3.05, 3.63) is 71.2 Å². The summed E-state index contributed by atoms with van der Waals surface area (Å²) < 4.78 is 1.92. The minimum Gasteiger partial charge on any atom is -0.368 e. The lowest BCUT2D eigenvalue weighted by Crippen LogP contribution is -2.48. The van der Waals surface area contributed by atoms with E-state index < -0.39 is 0 Å². The summed E-state index contributed by atoms with van der Waals surface area (Å²) in [5, 5.41) is 8.35. The summed E-state index contributed by atoms with van der Waals surface area (Å²) >= 11 is 0. The Hall–Kier alpha value is -3.19. The minimum absolute atomic E-state index is 0.0297. The normalized spacial score (nSPS) is 23.3. The summed E-state index contributed by atoms with van der Waals surface area (Å²) in [6, 6.07) is 2.53. The number of aryl methyl sites for hydroxylation is 2. The number of fused-ring (bicyclic) bond motifs is 2. The topological polar surface area (TPSA) is 65.8 Å². The van der Waals surface area contributed by atoms with Gasteiger partial charge in [-0.1, -0.05) is 26.3 Å². The maximum absolute atomic E-state index is 13.5. The van der Waals surface area contributed by atoms with Crippen LogP contribution >= 0.6 is 0 Å². The van der Waals surface area contributed by atoms with Gasteiger partial charge in [0.05, 0.1) is 34.5 Å². The number of hydrogen-bond donors (Lipinski definition) is 1. The Morgan fingerprint density at radius 2 is 2.03 bits per heavy atom. The zero-order valence-electron chi connectivity index (χ0n) is 20.6. The number of allylic oxidation sites excluding steroid dienone is 4. The fourth-order valence-electron chi connectivity index (χ4n) is 5.05. The van der Waals surface area contributed by atoms with Gasteiger partial charge in [0.2, 0.25) is 0 Å². The van der Waals surface area contributed by atoms with Crippen LogP contribution in [0.15, 0.2) is 54.2 Å². The maximum Gasteiger partial charge on any atom is 0.255 e. The standard InChI is InChI=1S/C27H34N6O/c1-5-6-24-26-14-25(30-33(26)16-20(4)29-24)23-13-27(34)32-17-22(31-12-11-28-19(3)15-31)10-9-21(32)8-7-18(23)2/h8-10,13-14,16-19,28H,5-7,11-12,15H2,1-4H3. The molecule has 5 heterocycles. The van der Waals surface area contributed by atoms with Crippen LogP contribution in [0.5, 0.6) is 0 Å². The Kier molecular flexibility index (Phi) is 6.13. The molecule has 1 saturated heterocycles. The first-order valence-electron chi connectivity index (χ1n) is 12.4. The highest BCUT2D eigenvalue weighted by Gasteiger charge is 2.26. The van der Waals surface area contributed by atoms with Gasteiger partial charge in [-0.05, 0) is 56.4 Å². The highest BCUT2D eigenvalue weighted by atomic mass is 16.2. The van der Waals surface area contributed by atoms with E-state index in [9.17, 15) is 4.79 Å². The van der Waals surface area contributed by atoms with Crippen molar-refractivity contribution in [3.63, 3.8) is 0 Å². The molecule has 2 aromatic rings. The van der Waals surface area contributed by atoms with Crippen molar-refractivity contribution >= 4 is 17.0 Å². The third-order valence-corrected chi connectivity index (χ3v) is 6.86. The molecule has 3 aliphatic rings. The number of rotatable bonds is 4. The maximum atomic E-state index is 13.5. The van der Waals surface area contributed by atoms with Gasteiger partial charge in [-0.2, -0.15) is 5.10 Å². The number of carbonyl (C=O) groups excluding carboxylic acids is 1. The van der Waals surface area contributed by atoms with Crippen molar-refractivity contribution < 1.29 is 4.79 Å². The number of amides is 1. The van der Waals surface area contributed by atoms with Crippen molar-refractivity contribution in [3.8, 4) is 0 Å². The Bertz CT molecular complexity index is 1230. The van der Waals surface area contributed by atoms with Gasteiger partial charge in [0.1, 0.15) is 0 Å². The summed E-state index contributed by atoms with van der Waals surface area (Å²) in [7, 11) is 0. The monoisotopic (exact) mass is 458 g/mol. The van der Waals surface area contributed by atoms with Crippen LogP contribution in [0.25, 0.3) is 11.1 Å². The molecule has 0 bridgehead atoms. The van der Waals surface area contributed by atoms with Crippen LogP contribution in [-0.4, -0.2) is 56.0 Å². The van der Waals surface area contributed by atoms with E-state index in [-0.39, 0.29) is 11.8 Å². The van der Waals surface area contributed by atoms with Crippen LogP contribution in [0.1, 0.15) is 50.7 Å². The van der Waals surface area contributed by atoms with E-state index in [0.717, 1.165) is 78.5 Å². The predicted molar refractivity (Wildman–Crippen MR) is 135 cm³/mol. The first-order valence-corrected chi connectivity index (χ1v) is 12.4. The summed E-state index contributed by atoms with van der Waals surface area (Å²) in [5.41, 5.74) is 6.90. The van der Waals surface area contributed by atoms with Gasteiger partial charge >= 0.3 is 0 Å². The number of hydrogen-bond acceptors (Lipinski definition) is 5. The second-order valence-corrected chi connectivity index (χ2v) is 9.70. The number of piperazine rings is 1. The largest absolute Gasteiger partial charge is 0.368 e. The summed E-state index contributed by atoms with van der Waals surface area (Å²) in [6.07, 6.45) is 14.9. The predicted octanol–water partition coefficient (Wildman–Crippen LogP) is 3.83. The van der Waals surface area contributed by atoms with E-state index in [4.69, 9.17) is 10.1 Å². The van der Waals surface area contributed by atoms with Crippen molar-refractivity contribution in [2.24, 2.45) is 5.92 Å². The van der Waals surface area contributed by atoms with Gasteiger partial charge in [0.15, 0.2) is 0 Å². The molecule has 1 amide bonds. The molecule has 2 aromatic heterocycles. The fourth-order valence-corrected chi connectivity index (χ4v) is 5.05. The summed E-state index contributed by atoms with van der Waals surface area (Å²) in [6.45, 7) is 11.4. The molecular formula is C27H34N6O. The van der Waals surface area contributed by atoms with E-state index in [2.05, 4.69) is 55.3 Å². The van der Waals surface area contributed by atoms with Crippen LogP contribution in [0.3, 0.4) is 0 Å². The SMILES string of the molecule is CCCc1nc(C)cn2nc(C3=CC(=O)N4C=C(N5CCNC(C)C5)C=CC4=CCC3C)cc12. The molecule has 3 aliphatic heterocycles. The Morgan fingerprint density at radius 3 is 2.82 bits per heavy atom. The quantitative estimate of drug-likeness (QED) is 0.754. The van der Waals surface area contributed by atoms with Gasteiger partial charge < -0.3 is 10.2 Å². The number of carbonyl (C=O) groups is 1. The first kappa shape index (κ1) is 22.6. The van der Waals surface area contributed by atoms with E-state index in [1.54, 1.807) is 11.0 Å². The van der Waals surface area contributed by atoms with E-state index >= 15 is 0 Å². The highest BCUT2D eigenvalue weighted by Crippen LogP contribution is 2.32. The molecular weight excluding hydrogens is 424 g/mol. The van der Waals surface area contributed by atoms with Crippen molar-refractivity contribution in [1.29, 1.82) is 0 Å².